The summed E-state index contributed by atoms with van der Waals surface area (Å²) in [7, 11) is 1.31. The highest BCUT2D eigenvalue weighted by Gasteiger charge is 2.23. The molecule has 5 heteroatoms. The molecule has 16 heavy (non-hydrogen) atoms. The van der Waals surface area contributed by atoms with Crippen LogP contribution in [0.3, 0.4) is 0 Å². The van der Waals surface area contributed by atoms with Gasteiger partial charge in [0, 0.05) is 6.20 Å². The number of esters is 1. The summed E-state index contributed by atoms with van der Waals surface area (Å²) in [4.78, 5) is 15.4. The lowest BCUT2D eigenvalue weighted by molar-refractivity contribution is 0.0601. The standard InChI is InChI=1S/C11H14N2O3/c1-15-11(14)8-4-5-13-10(9(8)12)16-6-7-2-3-7/h4-5,7H,2-3,6,12H2,1H3. The van der Waals surface area contributed by atoms with Crippen LogP contribution in [0.5, 0.6) is 5.88 Å². The van der Waals surface area contributed by atoms with Crippen LogP contribution in [-0.2, 0) is 4.74 Å². The van der Waals surface area contributed by atoms with Gasteiger partial charge in [0.15, 0.2) is 0 Å². The second-order valence-electron chi connectivity index (χ2n) is 3.82. The van der Waals surface area contributed by atoms with Crippen LogP contribution in [0.4, 0.5) is 5.69 Å². The molecule has 0 aliphatic heterocycles. The highest BCUT2D eigenvalue weighted by Crippen LogP contribution is 2.31. The van der Waals surface area contributed by atoms with Crippen molar-refractivity contribution >= 4 is 11.7 Å². The Labute approximate surface area is 93.6 Å². The fourth-order valence-electron chi connectivity index (χ4n) is 1.34. The van der Waals surface area contributed by atoms with Gasteiger partial charge in [-0.1, -0.05) is 0 Å². The minimum atomic E-state index is -0.476. The summed E-state index contributed by atoms with van der Waals surface area (Å²) in [6.07, 6.45) is 3.87. The van der Waals surface area contributed by atoms with Crippen LogP contribution in [-0.4, -0.2) is 24.7 Å². The summed E-state index contributed by atoms with van der Waals surface area (Å²) < 4.78 is 10.1. The van der Waals surface area contributed by atoms with Crippen molar-refractivity contribution in [2.45, 2.75) is 12.8 Å². The van der Waals surface area contributed by atoms with E-state index in [1.54, 1.807) is 0 Å². The fourth-order valence-corrected chi connectivity index (χ4v) is 1.34. The Morgan fingerprint density at radius 2 is 2.38 bits per heavy atom. The maximum Gasteiger partial charge on any atom is 0.340 e. The Morgan fingerprint density at radius 3 is 3.00 bits per heavy atom. The van der Waals surface area contributed by atoms with Crippen molar-refractivity contribution in [3.05, 3.63) is 17.8 Å². The fraction of sp³-hybridized carbons (Fsp3) is 0.455. The number of hydrogen-bond acceptors (Lipinski definition) is 5. The monoisotopic (exact) mass is 222 g/mol. The quantitative estimate of drug-likeness (QED) is 0.776. The largest absolute Gasteiger partial charge is 0.476 e. The zero-order valence-corrected chi connectivity index (χ0v) is 9.10. The van der Waals surface area contributed by atoms with Gasteiger partial charge in [-0.05, 0) is 24.8 Å². The van der Waals surface area contributed by atoms with E-state index in [1.165, 1.54) is 32.2 Å². The molecule has 2 N–H and O–H groups in total. The van der Waals surface area contributed by atoms with Crippen LogP contribution in [0.15, 0.2) is 12.3 Å². The number of anilines is 1. The molecule has 0 spiro atoms. The third-order valence-corrected chi connectivity index (χ3v) is 2.51. The van der Waals surface area contributed by atoms with Crippen LogP contribution in [0.1, 0.15) is 23.2 Å². The van der Waals surface area contributed by atoms with E-state index >= 15 is 0 Å². The van der Waals surface area contributed by atoms with Gasteiger partial charge in [-0.25, -0.2) is 9.78 Å². The van der Waals surface area contributed by atoms with Gasteiger partial charge in [0.25, 0.3) is 0 Å². The van der Waals surface area contributed by atoms with Crippen molar-refractivity contribution in [1.82, 2.24) is 4.98 Å². The van der Waals surface area contributed by atoms with Gasteiger partial charge in [-0.2, -0.15) is 0 Å². The zero-order valence-electron chi connectivity index (χ0n) is 9.10. The Bertz CT molecular complexity index is 402. The van der Waals surface area contributed by atoms with Crippen molar-refractivity contribution in [2.75, 3.05) is 19.5 Å². The molecule has 0 saturated heterocycles. The number of pyridine rings is 1. The van der Waals surface area contributed by atoms with Crippen LogP contribution in [0.25, 0.3) is 0 Å². The van der Waals surface area contributed by atoms with Crippen molar-refractivity contribution in [3.8, 4) is 5.88 Å². The molecule has 1 aromatic heterocycles. The number of nitrogens with two attached hydrogens (primary N) is 1. The summed E-state index contributed by atoms with van der Waals surface area (Å²) >= 11 is 0. The lowest BCUT2D eigenvalue weighted by Crippen LogP contribution is -2.10. The predicted molar refractivity (Wildman–Crippen MR) is 58.2 cm³/mol. The average molecular weight is 222 g/mol. The van der Waals surface area contributed by atoms with Crippen LogP contribution in [0, 0.1) is 5.92 Å². The molecule has 0 atom stereocenters. The Morgan fingerprint density at radius 1 is 1.62 bits per heavy atom. The number of carbonyl (C=O) groups is 1. The van der Waals surface area contributed by atoms with Gasteiger partial charge < -0.3 is 15.2 Å². The summed E-state index contributed by atoms with van der Waals surface area (Å²) in [5.41, 5.74) is 6.32. The normalized spacial score (nSPS) is 14.6. The molecule has 1 heterocycles. The number of rotatable bonds is 4. The second-order valence-corrected chi connectivity index (χ2v) is 3.82. The number of methoxy groups -OCH3 is 1. The van der Waals surface area contributed by atoms with E-state index in [-0.39, 0.29) is 5.69 Å². The first-order chi connectivity index (χ1) is 7.72. The highest BCUT2D eigenvalue weighted by atomic mass is 16.5. The summed E-state index contributed by atoms with van der Waals surface area (Å²) in [5, 5.41) is 0. The van der Waals surface area contributed by atoms with E-state index in [2.05, 4.69) is 9.72 Å². The number of carbonyl (C=O) groups excluding carboxylic acids is 1. The van der Waals surface area contributed by atoms with E-state index < -0.39 is 5.97 Å². The SMILES string of the molecule is COC(=O)c1ccnc(OCC2CC2)c1N. The van der Waals surface area contributed by atoms with Crippen molar-refractivity contribution in [1.29, 1.82) is 0 Å². The molecule has 1 aliphatic carbocycles. The molecular formula is C11H14N2O3. The van der Waals surface area contributed by atoms with Gasteiger partial charge in [-0.3, -0.25) is 0 Å². The molecule has 0 bridgehead atoms. The first-order valence-electron chi connectivity index (χ1n) is 5.18. The molecule has 2 rings (SSSR count). The Hall–Kier alpha value is -1.78. The van der Waals surface area contributed by atoms with E-state index in [0.29, 0.717) is 24.0 Å². The topological polar surface area (TPSA) is 74.4 Å². The molecule has 1 saturated carbocycles. The minimum Gasteiger partial charge on any atom is -0.476 e. The molecule has 86 valence electrons. The van der Waals surface area contributed by atoms with Gasteiger partial charge in [-0.15, -0.1) is 0 Å². The Kier molecular flexibility index (Phi) is 2.94. The van der Waals surface area contributed by atoms with Crippen molar-refractivity contribution < 1.29 is 14.3 Å². The van der Waals surface area contributed by atoms with Gasteiger partial charge in [0.1, 0.15) is 5.69 Å². The highest BCUT2D eigenvalue weighted by molar-refractivity contribution is 5.95. The van der Waals surface area contributed by atoms with Crippen LogP contribution >= 0.6 is 0 Å². The zero-order chi connectivity index (χ0) is 11.5. The van der Waals surface area contributed by atoms with Crippen molar-refractivity contribution in [2.24, 2.45) is 5.92 Å². The summed E-state index contributed by atoms with van der Waals surface area (Å²) in [6.45, 7) is 0.613. The van der Waals surface area contributed by atoms with Gasteiger partial charge in [0.05, 0.1) is 19.3 Å². The third kappa shape index (κ3) is 2.24. The molecular weight excluding hydrogens is 208 g/mol. The molecule has 5 nitrogen and oxygen atoms in total. The number of nitrogens with zero attached hydrogens (tertiary/aromatic N) is 1. The lowest BCUT2D eigenvalue weighted by Gasteiger charge is -2.09. The number of hydrogen-bond donors (Lipinski definition) is 1. The first-order valence-corrected chi connectivity index (χ1v) is 5.18. The third-order valence-electron chi connectivity index (χ3n) is 2.51. The summed E-state index contributed by atoms with van der Waals surface area (Å²) in [6, 6.07) is 1.52. The molecule has 1 fully saturated rings. The number of nitrogen functional groups attached to an aromatic ring is 1. The van der Waals surface area contributed by atoms with E-state index in [9.17, 15) is 4.79 Å². The lowest BCUT2D eigenvalue weighted by atomic mass is 10.2. The maximum absolute atomic E-state index is 11.4. The van der Waals surface area contributed by atoms with Crippen molar-refractivity contribution in [3.63, 3.8) is 0 Å². The molecule has 0 unspecified atom stereocenters. The Balaban J connectivity index is 2.14. The van der Waals surface area contributed by atoms with E-state index in [4.69, 9.17) is 10.5 Å². The first kappa shape index (κ1) is 10.7. The predicted octanol–water partition coefficient (Wildman–Crippen LogP) is 1.24. The minimum absolute atomic E-state index is 0.245. The molecule has 0 radical (unpaired) electrons. The number of ether oxygens (including phenoxy) is 2. The number of aromatic nitrogens is 1. The molecule has 1 aromatic rings. The maximum atomic E-state index is 11.4. The van der Waals surface area contributed by atoms with Gasteiger partial charge in [0.2, 0.25) is 5.88 Å². The second kappa shape index (κ2) is 4.38. The average Bonchev–Trinajstić information content (AvgIpc) is 3.10. The van der Waals surface area contributed by atoms with E-state index in [0.717, 1.165) is 0 Å². The smallest absolute Gasteiger partial charge is 0.340 e. The molecule has 0 amide bonds. The van der Waals surface area contributed by atoms with Crippen LogP contribution in [0.2, 0.25) is 0 Å². The molecule has 1 aliphatic rings. The van der Waals surface area contributed by atoms with E-state index in [1.807, 2.05) is 0 Å². The van der Waals surface area contributed by atoms with Crippen LogP contribution < -0.4 is 10.5 Å². The molecule has 0 aromatic carbocycles. The summed E-state index contributed by atoms with van der Waals surface area (Å²) in [5.74, 6) is 0.453. The van der Waals surface area contributed by atoms with Gasteiger partial charge >= 0.3 is 5.97 Å².